The first-order chi connectivity index (χ1) is 9.65. The second-order valence-electron chi connectivity index (χ2n) is 4.96. The van der Waals surface area contributed by atoms with Crippen molar-refractivity contribution in [1.82, 2.24) is 20.1 Å². The fourth-order valence-corrected chi connectivity index (χ4v) is 2.84. The summed E-state index contributed by atoms with van der Waals surface area (Å²) in [6.45, 7) is 0. The lowest BCUT2D eigenvalue weighted by molar-refractivity contribution is 0.0932. The van der Waals surface area contributed by atoms with E-state index in [0.29, 0.717) is 5.56 Å². The molecule has 1 unspecified atom stereocenters. The molecule has 0 bridgehead atoms. The minimum atomic E-state index is -0.0910. The number of nitrogens with zero attached hydrogens (tertiary/aromatic N) is 3. The zero-order valence-corrected chi connectivity index (χ0v) is 12.7. The van der Waals surface area contributed by atoms with Crippen LogP contribution < -0.4 is 5.32 Å². The second kappa shape index (κ2) is 5.36. The van der Waals surface area contributed by atoms with Crippen molar-refractivity contribution in [2.75, 3.05) is 0 Å². The predicted molar refractivity (Wildman–Crippen MR) is 78.3 cm³/mol. The lowest BCUT2D eigenvalue weighted by Crippen LogP contribution is -2.31. The molecule has 0 fully saturated rings. The van der Waals surface area contributed by atoms with Gasteiger partial charge in [-0.1, -0.05) is 0 Å². The number of carbonyl (C=O) groups excluding carboxylic acids is 1. The predicted octanol–water partition coefficient (Wildman–Crippen LogP) is 2.39. The first kappa shape index (κ1) is 13.3. The van der Waals surface area contributed by atoms with E-state index < -0.39 is 0 Å². The summed E-state index contributed by atoms with van der Waals surface area (Å²) in [5.74, 6) is -0.0910. The van der Waals surface area contributed by atoms with Gasteiger partial charge in [0.05, 0.1) is 17.8 Å². The maximum absolute atomic E-state index is 12.2. The molecule has 1 aliphatic rings. The van der Waals surface area contributed by atoms with Crippen molar-refractivity contribution in [2.24, 2.45) is 7.05 Å². The molecule has 0 spiro atoms. The van der Waals surface area contributed by atoms with Crippen molar-refractivity contribution in [3.05, 3.63) is 46.0 Å². The molecule has 1 N–H and O–H groups in total. The molecule has 1 atom stereocenters. The van der Waals surface area contributed by atoms with Gasteiger partial charge < -0.3 is 5.32 Å². The monoisotopic (exact) mass is 334 g/mol. The van der Waals surface area contributed by atoms with Crippen LogP contribution in [0, 0.1) is 0 Å². The highest BCUT2D eigenvalue weighted by Crippen LogP contribution is 2.29. The van der Waals surface area contributed by atoms with Gasteiger partial charge >= 0.3 is 0 Å². The standard InChI is InChI=1S/C14H15BrN4O/c1-19-12-4-2-3-11(10(12)8-17-19)18-14(20)9-5-6-13(15)16-7-9/h5-8,11H,2-4H2,1H3,(H,18,20). The van der Waals surface area contributed by atoms with Gasteiger partial charge in [0.15, 0.2) is 0 Å². The van der Waals surface area contributed by atoms with E-state index in [2.05, 4.69) is 31.3 Å². The van der Waals surface area contributed by atoms with Gasteiger partial charge in [0.2, 0.25) is 0 Å². The molecule has 0 aliphatic heterocycles. The maximum Gasteiger partial charge on any atom is 0.253 e. The molecule has 1 aliphatic carbocycles. The minimum Gasteiger partial charge on any atom is -0.345 e. The Bertz CT molecular complexity index is 635. The van der Waals surface area contributed by atoms with E-state index in [1.54, 1.807) is 18.3 Å². The van der Waals surface area contributed by atoms with Crippen LogP contribution >= 0.6 is 15.9 Å². The number of pyridine rings is 1. The number of aryl methyl sites for hydroxylation is 1. The van der Waals surface area contributed by atoms with Gasteiger partial charge in [-0.2, -0.15) is 5.10 Å². The molecule has 2 heterocycles. The van der Waals surface area contributed by atoms with Crippen LogP contribution in [0.1, 0.15) is 40.5 Å². The van der Waals surface area contributed by atoms with E-state index in [9.17, 15) is 4.79 Å². The van der Waals surface area contributed by atoms with E-state index in [-0.39, 0.29) is 11.9 Å². The summed E-state index contributed by atoms with van der Waals surface area (Å²) in [7, 11) is 1.95. The quantitative estimate of drug-likeness (QED) is 0.858. The summed E-state index contributed by atoms with van der Waals surface area (Å²) >= 11 is 3.26. The highest BCUT2D eigenvalue weighted by molar-refractivity contribution is 9.10. The molecule has 0 radical (unpaired) electrons. The average Bonchev–Trinajstić information content (AvgIpc) is 2.82. The molecule has 6 heteroatoms. The van der Waals surface area contributed by atoms with Crippen LogP contribution in [-0.2, 0) is 13.5 Å². The molecular weight excluding hydrogens is 320 g/mol. The topological polar surface area (TPSA) is 59.8 Å². The summed E-state index contributed by atoms with van der Waals surface area (Å²) < 4.78 is 2.62. The molecule has 20 heavy (non-hydrogen) atoms. The number of halogens is 1. The van der Waals surface area contributed by atoms with Crippen LogP contribution in [0.2, 0.25) is 0 Å². The largest absolute Gasteiger partial charge is 0.345 e. The average molecular weight is 335 g/mol. The molecule has 104 valence electrons. The van der Waals surface area contributed by atoms with Gasteiger partial charge in [-0.05, 0) is 47.3 Å². The molecule has 2 aromatic heterocycles. The van der Waals surface area contributed by atoms with Crippen molar-refractivity contribution in [1.29, 1.82) is 0 Å². The Balaban J connectivity index is 1.78. The molecule has 0 saturated heterocycles. The van der Waals surface area contributed by atoms with Crippen molar-refractivity contribution >= 4 is 21.8 Å². The van der Waals surface area contributed by atoms with Crippen molar-refractivity contribution in [2.45, 2.75) is 25.3 Å². The van der Waals surface area contributed by atoms with E-state index in [0.717, 1.165) is 29.4 Å². The number of nitrogens with one attached hydrogen (secondary N) is 1. The van der Waals surface area contributed by atoms with Gasteiger partial charge in [-0.25, -0.2) is 4.98 Å². The van der Waals surface area contributed by atoms with Gasteiger partial charge in [0, 0.05) is 24.5 Å². The Morgan fingerprint density at radius 1 is 1.45 bits per heavy atom. The second-order valence-corrected chi connectivity index (χ2v) is 5.77. The number of amides is 1. The van der Waals surface area contributed by atoms with Crippen LogP contribution in [0.15, 0.2) is 29.1 Å². The van der Waals surface area contributed by atoms with Crippen molar-refractivity contribution < 1.29 is 4.79 Å². The van der Waals surface area contributed by atoms with E-state index in [4.69, 9.17) is 0 Å². The summed E-state index contributed by atoms with van der Waals surface area (Å²) in [6, 6.07) is 3.58. The summed E-state index contributed by atoms with van der Waals surface area (Å²) in [6.07, 6.45) is 6.48. The van der Waals surface area contributed by atoms with Crippen LogP contribution in [0.5, 0.6) is 0 Å². The van der Waals surface area contributed by atoms with Crippen molar-refractivity contribution in [3.63, 3.8) is 0 Å². The van der Waals surface area contributed by atoms with Gasteiger partial charge in [-0.15, -0.1) is 0 Å². The van der Waals surface area contributed by atoms with Crippen molar-refractivity contribution in [3.8, 4) is 0 Å². The summed E-state index contributed by atoms with van der Waals surface area (Å²) in [5.41, 5.74) is 2.93. The third kappa shape index (κ3) is 2.47. The Kier molecular flexibility index (Phi) is 3.56. The first-order valence-electron chi connectivity index (χ1n) is 6.58. The summed E-state index contributed by atoms with van der Waals surface area (Å²) in [5, 5.41) is 7.36. The third-order valence-corrected chi connectivity index (χ3v) is 4.14. The molecule has 0 saturated carbocycles. The Morgan fingerprint density at radius 3 is 3.05 bits per heavy atom. The molecule has 0 aromatic carbocycles. The number of hydrogen-bond acceptors (Lipinski definition) is 3. The normalized spacial score (nSPS) is 17.6. The SMILES string of the molecule is Cn1ncc2c1CCCC2NC(=O)c1ccc(Br)nc1. The number of hydrogen-bond donors (Lipinski definition) is 1. The fourth-order valence-electron chi connectivity index (χ4n) is 2.61. The Morgan fingerprint density at radius 2 is 2.30 bits per heavy atom. The van der Waals surface area contributed by atoms with Crippen LogP contribution in [0.4, 0.5) is 0 Å². The van der Waals surface area contributed by atoms with Crippen LogP contribution in [-0.4, -0.2) is 20.7 Å². The minimum absolute atomic E-state index is 0.0450. The van der Waals surface area contributed by atoms with Gasteiger partial charge in [0.1, 0.15) is 4.60 Å². The van der Waals surface area contributed by atoms with Crippen LogP contribution in [0.3, 0.4) is 0 Å². The lowest BCUT2D eigenvalue weighted by atomic mass is 9.93. The van der Waals surface area contributed by atoms with Crippen LogP contribution in [0.25, 0.3) is 0 Å². The number of rotatable bonds is 2. The number of carbonyl (C=O) groups is 1. The number of fused-ring (bicyclic) bond motifs is 1. The zero-order valence-electron chi connectivity index (χ0n) is 11.1. The highest BCUT2D eigenvalue weighted by Gasteiger charge is 2.25. The first-order valence-corrected chi connectivity index (χ1v) is 7.37. The molecule has 3 rings (SSSR count). The number of aromatic nitrogens is 3. The maximum atomic E-state index is 12.2. The molecular formula is C14H15BrN4O. The fraction of sp³-hybridized carbons (Fsp3) is 0.357. The van der Waals surface area contributed by atoms with Gasteiger partial charge in [-0.3, -0.25) is 9.48 Å². The molecule has 5 nitrogen and oxygen atoms in total. The molecule has 2 aromatic rings. The third-order valence-electron chi connectivity index (χ3n) is 3.67. The zero-order chi connectivity index (χ0) is 14.1. The summed E-state index contributed by atoms with van der Waals surface area (Å²) in [4.78, 5) is 16.3. The van der Waals surface area contributed by atoms with E-state index >= 15 is 0 Å². The smallest absolute Gasteiger partial charge is 0.253 e. The van der Waals surface area contributed by atoms with E-state index in [1.807, 2.05) is 17.9 Å². The highest BCUT2D eigenvalue weighted by atomic mass is 79.9. The lowest BCUT2D eigenvalue weighted by Gasteiger charge is -2.23. The van der Waals surface area contributed by atoms with Gasteiger partial charge in [0.25, 0.3) is 5.91 Å². The van der Waals surface area contributed by atoms with E-state index in [1.165, 1.54) is 5.69 Å². The Labute approximate surface area is 125 Å². The molecule has 1 amide bonds. The Hall–Kier alpha value is -1.69.